The molecule has 1 aliphatic carbocycles. The minimum absolute atomic E-state index is 0.332. The lowest BCUT2D eigenvalue weighted by Crippen LogP contribution is -2.42. The molecule has 0 aromatic carbocycles. The molecular formula is C12H26N2. The molecule has 3 N–H and O–H groups in total. The zero-order chi connectivity index (χ0) is 10.6. The van der Waals surface area contributed by atoms with Crippen molar-refractivity contribution >= 4 is 0 Å². The highest BCUT2D eigenvalue weighted by molar-refractivity contribution is 4.85. The Hall–Kier alpha value is -0.0800. The molecule has 1 saturated carbocycles. The van der Waals surface area contributed by atoms with Crippen molar-refractivity contribution in [2.24, 2.45) is 17.1 Å². The Kier molecular flexibility index (Phi) is 4.39. The Morgan fingerprint density at radius 2 is 2.00 bits per heavy atom. The molecule has 0 heterocycles. The highest BCUT2D eigenvalue weighted by Gasteiger charge is 2.30. The number of hydrogen-bond donors (Lipinski definition) is 2. The molecule has 1 aliphatic rings. The van der Waals surface area contributed by atoms with Gasteiger partial charge in [0.2, 0.25) is 0 Å². The molecule has 0 spiro atoms. The second-order valence-electron chi connectivity index (χ2n) is 5.68. The molecule has 1 unspecified atom stereocenters. The van der Waals surface area contributed by atoms with E-state index in [0.717, 1.165) is 19.5 Å². The van der Waals surface area contributed by atoms with Crippen molar-refractivity contribution in [3.63, 3.8) is 0 Å². The van der Waals surface area contributed by atoms with Crippen molar-refractivity contribution in [1.82, 2.24) is 5.32 Å². The van der Waals surface area contributed by atoms with Gasteiger partial charge in [-0.15, -0.1) is 0 Å². The summed E-state index contributed by atoms with van der Waals surface area (Å²) < 4.78 is 0. The van der Waals surface area contributed by atoms with Crippen LogP contribution in [0.5, 0.6) is 0 Å². The highest BCUT2D eigenvalue weighted by Crippen LogP contribution is 2.39. The molecular weight excluding hydrogens is 172 g/mol. The van der Waals surface area contributed by atoms with E-state index in [1.54, 1.807) is 0 Å². The first kappa shape index (κ1) is 12.0. The standard InChI is InChI=1S/C12H26N2/c1-10(2)7-11(13)8-14-9-12(3)5-4-6-12/h10-11,14H,4-9,13H2,1-3H3. The molecule has 0 aliphatic heterocycles. The number of hydrogen-bond acceptors (Lipinski definition) is 2. The van der Waals surface area contributed by atoms with E-state index >= 15 is 0 Å². The third-order valence-corrected chi connectivity index (χ3v) is 3.29. The van der Waals surface area contributed by atoms with Gasteiger partial charge in [0, 0.05) is 19.1 Å². The minimum atomic E-state index is 0.332. The molecule has 2 heteroatoms. The van der Waals surface area contributed by atoms with Gasteiger partial charge in [-0.2, -0.15) is 0 Å². The third-order valence-electron chi connectivity index (χ3n) is 3.29. The Bertz CT molecular complexity index is 162. The van der Waals surface area contributed by atoms with Gasteiger partial charge in [-0.25, -0.2) is 0 Å². The van der Waals surface area contributed by atoms with Crippen molar-refractivity contribution in [3.05, 3.63) is 0 Å². The van der Waals surface area contributed by atoms with Crippen LogP contribution in [0.3, 0.4) is 0 Å². The lowest BCUT2D eigenvalue weighted by atomic mass is 9.70. The van der Waals surface area contributed by atoms with Crippen LogP contribution in [0.25, 0.3) is 0 Å². The molecule has 1 atom stereocenters. The summed E-state index contributed by atoms with van der Waals surface area (Å²) in [6, 6.07) is 0.332. The molecule has 0 aromatic heterocycles. The average molecular weight is 198 g/mol. The van der Waals surface area contributed by atoms with Gasteiger partial charge in [0.25, 0.3) is 0 Å². The second-order valence-corrected chi connectivity index (χ2v) is 5.68. The van der Waals surface area contributed by atoms with Crippen LogP contribution in [0.4, 0.5) is 0 Å². The fourth-order valence-electron chi connectivity index (χ4n) is 2.21. The summed E-state index contributed by atoms with van der Waals surface area (Å²) in [4.78, 5) is 0. The first-order chi connectivity index (χ1) is 6.52. The predicted molar refractivity (Wildman–Crippen MR) is 62.3 cm³/mol. The van der Waals surface area contributed by atoms with Crippen LogP contribution in [-0.4, -0.2) is 19.1 Å². The smallest absolute Gasteiger partial charge is 0.0167 e. The van der Waals surface area contributed by atoms with Gasteiger partial charge in [-0.3, -0.25) is 0 Å². The summed E-state index contributed by atoms with van der Waals surface area (Å²) >= 11 is 0. The van der Waals surface area contributed by atoms with Crippen molar-refractivity contribution in [3.8, 4) is 0 Å². The van der Waals surface area contributed by atoms with Crippen LogP contribution in [-0.2, 0) is 0 Å². The van der Waals surface area contributed by atoms with E-state index in [4.69, 9.17) is 5.73 Å². The maximum atomic E-state index is 6.00. The van der Waals surface area contributed by atoms with Gasteiger partial charge < -0.3 is 11.1 Å². The fraction of sp³-hybridized carbons (Fsp3) is 1.00. The molecule has 0 aromatic rings. The Labute approximate surface area is 88.6 Å². The van der Waals surface area contributed by atoms with Crippen LogP contribution < -0.4 is 11.1 Å². The number of rotatable bonds is 6. The van der Waals surface area contributed by atoms with E-state index < -0.39 is 0 Å². The summed E-state index contributed by atoms with van der Waals surface area (Å²) in [5.41, 5.74) is 6.58. The van der Waals surface area contributed by atoms with E-state index in [1.807, 2.05) is 0 Å². The SMILES string of the molecule is CC(C)CC(N)CNCC1(C)CCC1. The lowest BCUT2D eigenvalue weighted by molar-refractivity contribution is 0.156. The topological polar surface area (TPSA) is 38.0 Å². The minimum Gasteiger partial charge on any atom is -0.327 e. The van der Waals surface area contributed by atoms with E-state index in [9.17, 15) is 0 Å². The molecule has 0 bridgehead atoms. The Morgan fingerprint density at radius 3 is 2.43 bits per heavy atom. The number of nitrogens with two attached hydrogens (primary N) is 1. The van der Waals surface area contributed by atoms with Crippen molar-refractivity contribution in [1.29, 1.82) is 0 Å². The van der Waals surface area contributed by atoms with Crippen LogP contribution >= 0.6 is 0 Å². The maximum absolute atomic E-state index is 6.00. The zero-order valence-electron chi connectivity index (χ0n) is 9.97. The van der Waals surface area contributed by atoms with E-state index in [-0.39, 0.29) is 0 Å². The Morgan fingerprint density at radius 1 is 1.36 bits per heavy atom. The van der Waals surface area contributed by atoms with Gasteiger partial charge in [0.05, 0.1) is 0 Å². The quantitative estimate of drug-likeness (QED) is 0.686. The Balaban J connectivity index is 2.02. The lowest BCUT2D eigenvalue weighted by Gasteiger charge is -2.38. The van der Waals surface area contributed by atoms with E-state index in [0.29, 0.717) is 17.4 Å². The predicted octanol–water partition coefficient (Wildman–Crippen LogP) is 2.14. The van der Waals surface area contributed by atoms with Crippen LogP contribution in [0.1, 0.15) is 46.5 Å². The molecule has 0 saturated heterocycles. The highest BCUT2D eigenvalue weighted by atomic mass is 14.9. The molecule has 1 rings (SSSR count). The average Bonchev–Trinajstić information content (AvgIpc) is 1.99. The van der Waals surface area contributed by atoms with Gasteiger partial charge in [0.15, 0.2) is 0 Å². The van der Waals surface area contributed by atoms with Crippen LogP contribution in [0.15, 0.2) is 0 Å². The molecule has 0 amide bonds. The summed E-state index contributed by atoms with van der Waals surface area (Å²) in [6.07, 6.45) is 5.32. The third kappa shape index (κ3) is 3.97. The van der Waals surface area contributed by atoms with Gasteiger partial charge in [0.1, 0.15) is 0 Å². The van der Waals surface area contributed by atoms with E-state index in [1.165, 1.54) is 19.3 Å². The zero-order valence-corrected chi connectivity index (χ0v) is 9.97. The van der Waals surface area contributed by atoms with Crippen molar-refractivity contribution < 1.29 is 0 Å². The van der Waals surface area contributed by atoms with Crippen LogP contribution in [0, 0.1) is 11.3 Å². The van der Waals surface area contributed by atoms with Crippen molar-refractivity contribution in [2.45, 2.75) is 52.5 Å². The van der Waals surface area contributed by atoms with Crippen molar-refractivity contribution in [2.75, 3.05) is 13.1 Å². The van der Waals surface area contributed by atoms with Gasteiger partial charge >= 0.3 is 0 Å². The summed E-state index contributed by atoms with van der Waals surface area (Å²) in [5.74, 6) is 0.714. The molecule has 84 valence electrons. The molecule has 0 radical (unpaired) electrons. The maximum Gasteiger partial charge on any atom is 0.0167 e. The largest absolute Gasteiger partial charge is 0.327 e. The molecule has 2 nitrogen and oxygen atoms in total. The molecule has 1 fully saturated rings. The van der Waals surface area contributed by atoms with E-state index in [2.05, 4.69) is 26.1 Å². The number of nitrogens with one attached hydrogen (secondary N) is 1. The fourth-order valence-corrected chi connectivity index (χ4v) is 2.21. The normalized spacial score (nSPS) is 22.1. The van der Waals surface area contributed by atoms with Gasteiger partial charge in [-0.1, -0.05) is 27.2 Å². The summed E-state index contributed by atoms with van der Waals surface area (Å²) in [7, 11) is 0. The molecule has 14 heavy (non-hydrogen) atoms. The second kappa shape index (κ2) is 5.13. The van der Waals surface area contributed by atoms with Crippen LogP contribution in [0.2, 0.25) is 0 Å². The summed E-state index contributed by atoms with van der Waals surface area (Å²) in [5, 5.41) is 3.51. The summed E-state index contributed by atoms with van der Waals surface area (Å²) in [6.45, 7) is 8.96. The first-order valence-corrected chi connectivity index (χ1v) is 5.98. The monoisotopic (exact) mass is 198 g/mol. The van der Waals surface area contributed by atoms with Gasteiger partial charge in [-0.05, 0) is 30.6 Å². The first-order valence-electron chi connectivity index (χ1n) is 5.98.